The number of hydrogen-bond donors (Lipinski definition) is 0. The minimum absolute atomic E-state index is 0.0693. The Labute approximate surface area is 518 Å². The molecule has 0 heterocycles. The molecular formula is C77H142O6. The molecule has 6 heteroatoms. The highest BCUT2D eigenvalue weighted by atomic mass is 16.6. The number of unbranched alkanes of at least 4 members (excludes halogenated alkanes) is 50. The Balaban J connectivity index is 4.28. The standard InChI is InChI=1S/C77H142O6/c1-4-7-10-13-16-19-22-25-28-31-34-35-36-37-38-39-40-41-44-46-49-52-55-58-61-64-67-70-76(79)82-73-74(83-77(80)71-68-65-62-59-56-53-50-47-43-33-30-27-24-21-18-15-12-9-6-3)72-81-75(78)69-66-63-60-57-54-51-48-45-42-32-29-26-23-20-17-14-11-8-5-2/h18,21-22,25,27,30-31,34,74H,4-17,19-20,23-24,26,28-29,32-33,35-73H2,1-3H3/b21-18-,25-22-,30-27-,34-31-. The number of esters is 3. The van der Waals surface area contributed by atoms with Crippen LogP contribution in [0.1, 0.15) is 406 Å². The average Bonchev–Trinajstić information content (AvgIpc) is 3.50. The molecule has 0 saturated carbocycles. The molecule has 0 spiro atoms. The number of carbonyl (C=O) groups excluding carboxylic acids is 3. The monoisotopic (exact) mass is 1160 g/mol. The van der Waals surface area contributed by atoms with E-state index in [1.165, 1.54) is 295 Å². The van der Waals surface area contributed by atoms with E-state index in [2.05, 4.69) is 69.4 Å². The minimum atomic E-state index is -0.775. The van der Waals surface area contributed by atoms with Crippen molar-refractivity contribution in [2.24, 2.45) is 0 Å². The quantitative estimate of drug-likeness (QED) is 0.0261. The zero-order chi connectivity index (χ0) is 59.9. The van der Waals surface area contributed by atoms with Crippen molar-refractivity contribution in [1.82, 2.24) is 0 Å². The Hall–Kier alpha value is -2.63. The van der Waals surface area contributed by atoms with Gasteiger partial charge in [-0.3, -0.25) is 14.4 Å². The van der Waals surface area contributed by atoms with Gasteiger partial charge < -0.3 is 14.2 Å². The highest BCUT2D eigenvalue weighted by molar-refractivity contribution is 5.71. The van der Waals surface area contributed by atoms with Gasteiger partial charge in [0.05, 0.1) is 0 Å². The van der Waals surface area contributed by atoms with E-state index in [0.29, 0.717) is 19.3 Å². The molecule has 0 aliphatic heterocycles. The summed E-state index contributed by atoms with van der Waals surface area (Å²) >= 11 is 0. The molecule has 0 aromatic rings. The Morgan fingerprint density at radius 3 is 0.687 bits per heavy atom. The summed E-state index contributed by atoms with van der Waals surface area (Å²) in [7, 11) is 0. The first-order valence-corrected chi connectivity index (χ1v) is 37.1. The molecule has 0 radical (unpaired) electrons. The number of hydrogen-bond acceptors (Lipinski definition) is 6. The molecule has 1 atom stereocenters. The van der Waals surface area contributed by atoms with Gasteiger partial charge in [0.1, 0.15) is 13.2 Å². The van der Waals surface area contributed by atoms with Crippen molar-refractivity contribution in [2.45, 2.75) is 412 Å². The van der Waals surface area contributed by atoms with E-state index in [1.54, 1.807) is 0 Å². The van der Waals surface area contributed by atoms with Gasteiger partial charge in [0.2, 0.25) is 0 Å². The summed E-state index contributed by atoms with van der Waals surface area (Å²) < 4.78 is 17.0. The zero-order valence-electron chi connectivity index (χ0n) is 56.0. The summed E-state index contributed by atoms with van der Waals surface area (Å²) in [5.41, 5.74) is 0. The van der Waals surface area contributed by atoms with E-state index in [1.807, 2.05) is 0 Å². The zero-order valence-corrected chi connectivity index (χ0v) is 56.0. The van der Waals surface area contributed by atoms with Crippen LogP contribution >= 0.6 is 0 Å². The molecule has 1 unspecified atom stereocenters. The molecule has 0 bridgehead atoms. The molecule has 0 rings (SSSR count). The van der Waals surface area contributed by atoms with Crippen LogP contribution in [0.2, 0.25) is 0 Å². The van der Waals surface area contributed by atoms with Crippen LogP contribution in [-0.4, -0.2) is 37.2 Å². The Morgan fingerprint density at radius 1 is 0.241 bits per heavy atom. The van der Waals surface area contributed by atoms with Crippen LogP contribution < -0.4 is 0 Å². The number of ether oxygens (including phenoxy) is 3. The van der Waals surface area contributed by atoms with Crippen molar-refractivity contribution in [3.63, 3.8) is 0 Å². The molecule has 0 aromatic carbocycles. The minimum Gasteiger partial charge on any atom is -0.462 e. The van der Waals surface area contributed by atoms with Crippen molar-refractivity contribution in [3.8, 4) is 0 Å². The van der Waals surface area contributed by atoms with Crippen molar-refractivity contribution >= 4 is 17.9 Å². The number of allylic oxidation sites excluding steroid dienone is 8. The van der Waals surface area contributed by atoms with Crippen molar-refractivity contribution in [3.05, 3.63) is 48.6 Å². The van der Waals surface area contributed by atoms with Crippen LogP contribution in [0.4, 0.5) is 0 Å². The van der Waals surface area contributed by atoms with E-state index >= 15 is 0 Å². The molecule has 0 fully saturated rings. The highest BCUT2D eigenvalue weighted by Gasteiger charge is 2.19. The van der Waals surface area contributed by atoms with Crippen LogP contribution in [0.3, 0.4) is 0 Å². The van der Waals surface area contributed by atoms with Gasteiger partial charge in [0.15, 0.2) is 6.10 Å². The Kier molecular flexibility index (Phi) is 69.6. The van der Waals surface area contributed by atoms with Crippen LogP contribution in [0, 0.1) is 0 Å². The predicted octanol–water partition coefficient (Wildman–Crippen LogP) is 25.7. The second-order valence-corrected chi connectivity index (χ2v) is 25.2. The fourth-order valence-corrected chi connectivity index (χ4v) is 11.2. The lowest BCUT2D eigenvalue weighted by molar-refractivity contribution is -0.167. The average molecular weight is 1160 g/mol. The van der Waals surface area contributed by atoms with Crippen molar-refractivity contribution in [2.75, 3.05) is 13.2 Å². The van der Waals surface area contributed by atoms with Crippen LogP contribution in [-0.2, 0) is 28.6 Å². The van der Waals surface area contributed by atoms with Gasteiger partial charge in [0.25, 0.3) is 0 Å². The van der Waals surface area contributed by atoms with Crippen molar-refractivity contribution in [1.29, 1.82) is 0 Å². The van der Waals surface area contributed by atoms with Crippen LogP contribution in [0.15, 0.2) is 48.6 Å². The van der Waals surface area contributed by atoms with Crippen molar-refractivity contribution < 1.29 is 28.6 Å². The summed E-state index contributed by atoms with van der Waals surface area (Å²) in [5.74, 6) is -0.843. The highest BCUT2D eigenvalue weighted by Crippen LogP contribution is 2.19. The van der Waals surface area contributed by atoms with E-state index in [4.69, 9.17) is 14.2 Å². The molecule has 0 N–H and O–H groups in total. The van der Waals surface area contributed by atoms with Gasteiger partial charge >= 0.3 is 17.9 Å². The molecular weight excluding hydrogens is 1020 g/mol. The maximum absolute atomic E-state index is 13.0. The molecule has 83 heavy (non-hydrogen) atoms. The lowest BCUT2D eigenvalue weighted by atomic mass is 10.0. The smallest absolute Gasteiger partial charge is 0.306 e. The van der Waals surface area contributed by atoms with E-state index in [-0.39, 0.29) is 31.1 Å². The summed E-state index contributed by atoms with van der Waals surface area (Å²) in [5, 5.41) is 0. The first-order chi connectivity index (χ1) is 41.0. The normalized spacial score (nSPS) is 12.3. The molecule has 6 nitrogen and oxygen atoms in total. The summed E-state index contributed by atoms with van der Waals surface area (Å²) in [4.78, 5) is 38.5. The molecule has 0 saturated heterocycles. The Morgan fingerprint density at radius 2 is 0.434 bits per heavy atom. The molecule has 0 amide bonds. The second kappa shape index (κ2) is 71.8. The van der Waals surface area contributed by atoms with E-state index in [9.17, 15) is 14.4 Å². The van der Waals surface area contributed by atoms with Gasteiger partial charge in [-0.25, -0.2) is 0 Å². The number of carbonyl (C=O) groups is 3. The first kappa shape index (κ1) is 80.4. The van der Waals surface area contributed by atoms with Gasteiger partial charge in [-0.2, -0.15) is 0 Å². The van der Waals surface area contributed by atoms with E-state index < -0.39 is 6.10 Å². The van der Waals surface area contributed by atoms with Gasteiger partial charge in [-0.15, -0.1) is 0 Å². The maximum atomic E-state index is 13.0. The fraction of sp³-hybridized carbons (Fsp3) is 0.857. The third-order valence-corrected chi connectivity index (χ3v) is 16.8. The Bertz CT molecular complexity index is 1430. The van der Waals surface area contributed by atoms with Crippen LogP contribution in [0.25, 0.3) is 0 Å². The van der Waals surface area contributed by atoms with Gasteiger partial charge in [-0.05, 0) is 83.5 Å². The molecule has 0 aliphatic carbocycles. The first-order valence-electron chi connectivity index (χ1n) is 37.1. The van der Waals surface area contributed by atoms with E-state index in [0.717, 1.165) is 70.6 Å². The molecule has 0 aliphatic rings. The predicted molar refractivity (Wildman–Crippen MR) is 362 cm³/mol. The van der Waals surface area contributed by atoms with Gasteiger partial charge in [-0.1, -0.05) is 352 Å². The number of rotatable bonds is 69. The van der Waals surface area contributed by atoms with Gasteiger partial charge in [0, 0.05) is 19.3 Å². The summed E-state index contributed by atoms with van der Waals surface area (Å²) in [6.07, 6.45) is 91.4. The second-order valence-electron chi connectivity index (χ2n) is 25.2. The third-order valence-electron chi connectivity index (χ3n) is 16.8. The summed E-state index contributed by atoms with van der Waals surface area (Å²) in [6.45, 7) is 6.68. The fourth-order valence-electron chi connectivity index (χ4n) is 11.2. The molecule has 486 valence electrons. The maximum Gasteiger partial charge on any atom is 0.306 e. The largest absolute Gasteiger partial charge is 0.462 e. The lowest BCUT2D eigenvalue weighted by Crippen LogP contribution is -2.30. The van der Waals surface area contributed by atoms with Crippen LogP contribution in [0.5, 0.6) is 0 Å². The topological polar surface area (TPSA) is 78.9 Å². The third kappa shape index (κ3) is 70.0. The SMILES string of the molecule is CCCCC/C=C\C/C=C\CCCCCCCCCCCC(=O)OC(COC(=O)CCCCCCCCCCCCCCCCC/C=C\C/C=C\CCCCCCC)COC(=O)CCCCCCCCCCCCCCCCCCCCC. The molecule has 0 aromatic heterocycles. The lowest BCUT2D eigenvalue weighted by Gasteiger charge is -2.18. The summed E-state index contributed by atoms with van der Waals surface area (Å²) in [6, 6.07) is 0.